The van der Waals surface area contributed by atoms with E-state index in [1.807, 2.05) is 0 Å². The second-order valence-corrected chi connectivity index (χ2v) is 5.72. The molecule has 2 rings (SSSR count). The fourth-order valence-electron chi connectivity index (χ4n) is 2.59. The first-order chi connectivity index (χ1) is 8.74. The molecule has 2 aromatic rings. The lowest BCUT2D eigenvalue weighted by molar-refractivity contribution is 0.308. The second-order valence-electron chi connectivity index (χ2n) is 5.16. The lowest BCUT2D eigenvalue weighted by Gasteiger charge is -2.30. The molecule has 0 bridgehead atoms. The van der Waals surface area contributed by atoms with Gasteiger partial charge in [-0.25, -0.2) is 0 Å². The minimum absolute atomic E-state index is 0.393. The summed E-state index contributed by atoms with van der Waals surface area (Å²) in [7, 11) is 0. The highest BCUT2D eigenvalue weighted by molar-refractivity contribution is 9.09. The van der Waals surface area contributed by atoms with Crippen molar-refractivity contribution in [2.45, 2.75) is 33.1 Å². The van der Waals surface area contributed by atoms with E-state index in [1.54, 1.807) is 0 Å². The van der Waals surface area contributed by atoms with E-state index in [0.717, 1.165) is 11.8 Å². The molecule has 0 atom stereocenters. The Bertz CT molecular complexity index is 498. The highest BCUT2D eigenvalue weighted by atomic mass is 79.9. The fourth-order valence-corrected chi connectivity index (χ4v) is 3.58. The van der Waals surface area contributed by atoms with E-state index in [9.17, 15) is 0 Å². The maximum absolute atomic E-state index is 3.71. The van der Waals surface area contributed by atoms with Gasteiger partial charge in [-0.3, -0.25) is 0 Å². The van der Waals surface area contributed by atoms with Crippen molar-refractivity contribution >= 4 is 26.7 Å². The third-order valence-corrected chi connectivity index (χ3v) is 5.42. The zero-order valence-electron chi connectivity index (χ0n) is 11.2. The van der Waals surface area contributed by atoms with Crippen molar-refractivity contribution in [3.8, 4) is 0 Å². The zero-order chi connectivity index (χ0) is 13.0. The first-order valence-corrected chi connectivity index (χ1v) is 7.89. The van der Waals surface area contributed by atoms with E-state index in [1.165, 1.54) is 29.2 Å². The summed E-state index contributed by atoms with van der Waals surface area (Å²) < 4.78 is 0. The van der Waals surface area contributed by atoms with Gasteiger partial charge in [0.1, 0.15) is 0 Å². The van der Waals surface area contributed by atoms with E-state index in [4.69, 9.17) is 0 Å². The smallest absolute Gasteiger partial charge is 0.00909 e. The van der Waals surface area contributed by atoms with E-state index >= 15 is 0 Å². The summed E-state index contributed by atoms with van der Waals surface area (Å²) in [5, 5.41) is 3.84. The third kappa shape index (κ3) is 2.61. The number of halogens is 1. The Balaban J connectivity index is 2.42. The third-order valence-electron chi connectivity index (χ3n) is 4.23. The number of alkyl halides is 1. The van der Waals surface area contributed by atoms with Gasteiger partial charge in [-0.05, 0) is 41.0 Å². The minimum atomic E-state index is 0.393. The summed E-state index contributed by atoms with van der Waals surface area (Å²) in [4.78, 5) is 0. The van der Waals surface area contributed by atoms with Gasteiger partial charge in [-0.2, -0.15) is 0 Å². The number of hydrogen-bond donors (Lipinski definition) is 0. The van der Waals surface area contributed by atoms with Gasteiger partial charge in [-0.15, -0.1) is 0 Å². The molecule has 0 radical (unpaired) electrons. The van der Waals surface area contributed by atoms with Crippen LogP contribution in [0.1, 0.15) is 32.3 Å². The van der Waals surface area contributed by atoms with Crippen LogP contribution in [0.4, 0.5) is 0 Å². The summed E-state index contributed by atoms with van der Waals surface area (Å²) >= 11 is 3.71. The van der Waals surface area contributed by atoms with Crippen molar-refractivity contribution in [1.82, 2.24) is 0 Å². The van der Waals surface area contributed by atoms with Crippen LogP contribution < -0.4 is 0 Å². The fraction of sp³-hybridized carbons (Fsp3) is 0.412. The standard InChI is InChI=1S/C17H21Br/c1-3-17(4-2,13-18)12-15-10-7-9-14-8-5-6-11-16(14)15/h5-11H,3-4,12-13H2,1-2H3. The largest absolute Gasteiger partial charge is 0.0922 e. The molecule has 18 heavy (non-hydrogen) atoms. The van der Waals surface area contributed by atoms with Crippen LogP contribution >= 0.6 is 15.9 Å². The van der Waals surface area contributed by atoms with E-state index in [2.05, 4.69) is 72.2 Å². The molecule has 0 heterocycles. The second kappa shape index (κ2) is 5.88. The molecular formula is C17H21Br. The van der Waals surface area contributed by atoms with Crippen molar-refractivity contribution in [2.75, 3.05) is 5.33 Å². The van der Waals surface area contributed by atoms with Gasteiger partial charge in [0, 0.05) is 5.33 Å². The molecule has 0 aliphatic rings. The van der Waals surface area contributed by atoms with Gasteiger partial charge < -0.3 is 0 Å². The molecule has 0 nitrogen and oxygen atoms in total. The minimum Gasteiger partial charge on any atom is -0.0922 e. The predicted octanol–water partition coefficient (Wildman–Crippen LogP) is 5.58. The van der Waals surface area contributed by atoms with Gasteiger partial charge in [0.2, 0.25) is 0 Å². The van der Waals surface area contributed by atoms with Gasteiger partial charge >= 0.3 is 0 Å². The Morgan fingerprint density at radius 3 is 2.28 bits per heavy atom. The SMILES string of the molecule is CCC(CC)(CBr)Cc1cccc2ccccc12. The summed E-state index contributed by atoms with van der Waals surface area (Å²) in [6.45, 7) is 4.60. The topological polar surface area (TPSA) is 0 Å². The molecule has 0 amide bonds. The van der Waals surface area contributed by atoms with Crippen molar-refractivity contribution in [3.63, 3.8) is 0 Å². The van der Waals surface area contributed by atoms with Crippen LogP contribution in [0.5, 0.6) is 0 Å². The molecule has 2 aromatic carbocycles. The van der Waals surface area contributed by atoms with Gasteiger partial charge in [0.05, 0.1) is 0 Å². The maximum atomic E-state index is 3.71. The maximum Gasteiger partial charge on any atom is 0.00909 e. The Kier molecular flexibility index (Phi) is 4.45. The van der Waals surface area contributed by atoms with Crippen LogP contribution in [0, 0.1) is 5.41 Å². The van der Waals surface area contributed by atoms with Crippen molar-refractivity contribution in [1.29, 1.82) is 0 Å². The van der Waals surface area contributed by atoms with Crippen LogP contribution in [0.25, 0.3) is 10.8 Å². The van der Waals surface area contributed by atoms with Gasteiger partial charge in [0.25, 0.3) is 0 Å². The zero-order valence-corrected chi connectivity index (χ0v) is 12.8. The molecule has 0 N–H and O–H groups in total. The summed E-state index contributed by atoms with van der Waals surface area (Å²) in [6.07, 6.45) is 3.60. The molecule has 0 aromatic heterocycles. The molecule has 1 heteroatoms. The molecule has 0 aliphatic carbocycles. The summed E-state index contributed by atoms with van der Waals surface area (Å²) in [6, 6.07) is 15.4. The molecular weight excluding hydrogens is 284 g/mol. The van der Waals surface area contributed by atoms with Crippen LogP contribution in [0.2, 0.25) is 0 Å². The Labute approximate surface area is 119 Å². The monoisotopic (exact) mass is 304 g/mol. The molecule has 0 saturated carbocycles. The van der Waals surface area contributed by atoms with E-state index in [0.29, 0.717) is 5.41 Å². The lowest BCUT2D eigenvalue weighted by Crippen LogP contribution is -2.23. The lowest BCUT2D eigenvalue weighted by atomic mass is 9.78. The average molecular weight is 305 g/mol. The average Bonchev–Trinajstić information content (AvgIpc) is 2.45. The molecule has 0 unspecified atom stereocenters. The van der Waals surface area contributed by atoms with Crippen molar-refractivity contribution in [3.05, 3.63) is 48.0 Å². The van der Waals surface area contributed by atoms with Crippen LogP contribution in [0.15, 0.2) is 42.5 Å². The van der Waals surface area contributed by atoms with Crippen molar-refractivity contribution < 1.29 is 0 Å². The molecule has 0 fully saturated rings. The number of benzene rings is 2. The van der Waals surface area contributed by atoms with Crippen molar-refractivity contribution in [2.24, 2.45) is 5.41 Å². The molecule has 0 spiro atoms. The van der Waals surface area contributed by atoms with Crippen LogP contribution in [-0.2, 0) is 6.42 Å². The molecule has 96 valence electrons. The Morgan fingerprint density at radius 1 is 0.944 bits per heavy atom. The Morgan fingerprint density at radius 2 is 1.61 bits per heavy atom. The molecule has 0 aliphatic heterocycles. The summed E-state index contributed by atoms with van der Waals surface area (Å²) in [5.41, 5.74) is 1.88. The molecule has 0 saturated heterocycles. The highest BCUT2D eigenvalue weighted by Crippen LogP contribution is 2.35. The van der Waals surface area contributed by atoms with E-state index < -0.39 is 0 Å². The summed E-state index contributed by atoms with van der Waals surface area (Å²) in [5.74, 6) is 0. The number of fused-ring (bicyclic) bond motifs is 1. The Hall–Kier alpha value is -0.820. The van der Waals surface area contributed by atoms with Gasteiger partial charge in [-0.1, -0.05) is 72.2 Å². The quantitative estimate of drug-likeness (QED) is 0.632. The normalized spacial score (nSPS) is 11.9. The first kappa shape index (κ1) is 13.6. The van der Waals surface area contributed by atoms with Gasteiger partial charge in [0.15, 0.2) is 0 Å². The highest BCUT2D eigenvalue weighted by Gasteiger charge is 2.25. The number of rotatable bonds is 5. The first-order valence-electron chi connectivity index (χ1n) is 6.77. The number of hydrogen-bond acceptors (Lipinski definition) is 0. The predicted molar refractivity (Wildman–Crippen MR) is 84.5 cm³/mol. The van der Waals surface area contributed by atoms with Crippen LogP contribution in [-0.4, -0.2) is 5.33 Å². The van der Waals surface area contributed by atoms with E-state index in [-0.39, 0.29) is 0 Å². The van der Waals surface area contributed by atoms with Crippen LogP contribution in [0.3, 0.4) is 0 Å².